The molecule has 0 aliphatic heterocycles. The summed E-state index contributed by atoms with van der Waals surface area (Å²) in [6.07, 6.45) is 3.18. The van der Waals surface area contributed by atoms with E-state index in [1.807, 2.05) is 72.8 Å². The topological polar surface area (TPSA) is 65.5 Å². The van der Waals surface area contributed by atoms with Crippen LogP contribution in [0.3, 0.4) is 0 Å². The lowest BCUT2D eigenvalue weighted by Crippen LogP contribution is -2.05. The van der Waals surface area contributed by atoms with Crippen LogP contribution < -0.4 is 19.5 Å². The molecule has 4 aromatic rings. The molecule has 6 nitrogen and oxygen atoms in total. The highest BCUT2D eigenvalue weighted by Gasteiger charge is 2.10. The van der Waals surface area contributed by atoms with Gasteiger partial charge in [-0.1, -0.05) is 54.1 Å². The summed E-state index contributed by atoms with van der Waals surface area (Å²) < 4.78 is 17.4. The number of rotatable bonds is 10. The number of nitrogens with zero attached hydrogens (tertiary/aromatic N) is 2. The predicted octanol–water partition coefficient (Wildman–Crippen LogP) is 5.91. The maximum absolute atomic E-state index is 6.13. The lowest BCUT2D eigenvalue weighted by atomic mass is 10.2. The molecule has 3 aromatic carbocycles. The first-order valence-corrected chi connectivity index (χ1v) is 10.8. The van der Waals surface area contributed by atoms with E-state index in [1.165, 1.54) is 0 Å². The summed E-state index contributed by atoms with van der Waals surface area (Å²) in [5.41, 5.74) is 3.63. The molecule has 33 heavy (non-hydrogen) atoms. The van der Waals surface area contributed by atoms with Gasteiger partial charge >= 0.3 is 0 Å². The first-order chi connectivity index (χ1) is 16.2. The van der Waals surface area contributed by atoms with Gasteiger partial charge in [-0.25, -0.2) is 4.98 Å². The fourth-order valence-electron chi connectivity index (χ4n) is 3.12. The number of halogens is 1. The highest BCUT2D eigenvalue weighted by molar-refractivity contribution is 6.30. The van der Waals surface area contributed by atoms with Crippen molar-refractivity contribution in [2.45, 2.75) is 19.8 Å². The number of methoxy groups -OCH3 is 1. The zero-order chi connectivity index (χ0) is 22.9. The van der Waals surface area contributed by atoms with E-state index in [4.69, 9.17) is 25.8 Å². The smallest absolute Gasteiger partial charge is 0.163 e. The summed E-state index contributed by atoms with van der Waals surface area (Å²) in [5, 5.41) is 3.70. The molecule has 0 saturated heterocycles. The Morgan fingerprint density at radius 3 is 2.21 bits per heavy atom. The molecule has 0 fully saturated rings. The van der Waals surface area contributed by atoms with Gasteiger partial charge in [0.25, 0.3) is 0 Å². The Morgan fingerprint density at radius 2 is 1.48 bits per heavy atom. The van der Waals surface area contributed by atoms with Crippen molar-refractivity contribution >= 4 is 17.3 Å². The molecule has 0 bridgehead atoms. The summed E-state index contributed by atoms with van der Waals surface area (Å²) >= 11 is 6.12. The maximum Gasteiger partial charge on any atom is 0.163 e. The van der Waals surface area contributed by atoms with Crippen molar-refractivity contribution in [3.63, 3.8) is 0 Å². The van der Waals surface area contributed by atoms with Gasteiger partial charge in [-0.05, 0) is 35.4 Å². The van der Waals surface area contributed by atoms with Crippen LogP contribution in [0.15, 0.2) is 85.2 Å². The Hall–Kier alpha value is -3.77. The first-order valence-electron chi connectivity index (χ1n) is 10.5. The molecule has 0 spiro atoms. The van der Waals surface area contributed by atoms with Gasteiger partial charge in [0.1, 0.15) is 19.0 Å². The minimum absolute atomic E-state index is 0.380. The third-order valence-corrected chi connectivity index (χ3v) is 5.23. The highest BCUT2D eigenvalue weighted by atomic mass is 35.5. The van der Waals surface area contributed by atoms with Crippen LogP contribution >= 0.6 is 11.6 Å². The molecule has 0 unspecified atom stereocenters. The van der Waals surface area contributed by atoms with Crippen molar-refractivity contribution in [2.24, 2.45) is 0 Å². The molecule has 0 radical (unpaired) electrons. The van der Waals surface area contributed by atoms with Crippen LogP contribution in [-0.4, -0.2) is 17.1 Å². The van der Waals surface area contributed by atoms with Crippen LogP contribution in [0.1, 0.15) is 16.8 Å². The molecule has 1 heterocycles. The van der Waals surface area contributed by atoms with Gasteiger partial charge in [-0.15, -0.1) is 0 Å². The summed E-state index contributed by atoms with van der Waals surface area (Å²) in [5.74, 6) is 2.11. The number of hydrogen-bond acceptors (Lipinski definition) is 6. The molecule has 0 amide bonds. The number of hydrogen-bond donors (Lipinski definition) is 1. The van der Waals surface area contributed by atoms with Crippen molar-refractivity contribution in [2.75, 3.05) is 12.4 Å². The number of nitrogens with one attached hydrogen (secondary N) is 1. The molecule has 0 saturated carbocycles. The largest absolute Gasteiger partial charge is 0.497 e. The summed E-state index contributed by atoms with van der Waals surface area (Å²) in [6.45, 7) is 1.28. The maximum atomic E-state index is 6.13. The normalized spacial score (nSPS) is 10.5. The lowest BCUT2D eigenvalue weighted by Gasteiger charge is -2.15. The second-order valence-electron chi connectivity index (χ2n) is 7.22. The van der Waals surface area contributed by atoms with E-state index in [0.717, 1.165) is 22.6 Å². The molecule has 7 heteroatoms. The Kier molecular flexibility index (Phi) is 7.61. The average molecular weight is 462 g/mol. The lowest BCUT2D eigenvalue weighted by molar-refractivity contribution is 0.256. The molecule has 0 aliphatic carbocycles. The van der Waals surface area contributed by atoms with Crippen LogP contribution in [0.2, 0.25) is 5.15 Å². The average Bonchev–Trinajstić information content (AvgIpc) is 2.87. The van der Waals surface area contributed by atoms with Crippen molar-refractivity contribution in [3.05, 3.63) is 107 Å². The third-order valence-electron chi connectivity index (χ3n) is 4.92. The summed E-state index contributed by atoms with van der Waals surface area (Å²) in [7, 11) is 1.65. The molecular formula is C26H24ClN3O3. The van der Waals surface area contributed by atoms with Gasteiger partial charge < -0.3 is 19.5 Å². The van der Waals surface area contributed by atoms with Gasteiger partial charge in [0, 0.05) is 24.1 Å². The number of benzene rings is 3. The van der Waals surface area contributed by atoms with E-state index in [0.29, 0.717) is 42.1 Å². The van der Waals surface area contributed by atoms with Gasteiger partial charge in [0.05, 0.1) is 19.3 Å². The van der Waals surface area contributed by atoms with Crippen LogP contribution in [0.25, 0.3) is 0 Å². The van der Waals surface area contributed by atoms with Gasteiger partial charge in [-0.2, -0.15) is 0 Å². The van der Waals surface area contributed by atoms with E-state index < -0.39 is 0 Å². The molecule has 0 atom stereocenters. The molecule has 1 aromatic heterocycles. The molecule has 168 valence electrons. The van der Waals surface area contributed by atoms with Crippen LogP contribution in [0.5, 0.6) is 17.2 Å². The Bertz CT molecular complexity index is 1170. The second kappa shape index (κ2) is 11.2. The monoisotopic (exact) mass is 461 g/mol. The fraction of sp³-hybridized carbons (Fsp3) is 0.154. The van der Waals surface area contributed by atoms with Gasteiger partial charge in [0.2, 0.25) is 0 Å². The highest BCUT2D eigenvalue weighted by Crippen LogP contribution is 2.32. The van der Waals surface area contributed by atoms with Gasteiger partial charge in [-0.3, -0.25) is 4.98 Å². The first kappa shape index (κ1) is 22.4. The molecule has 1 N–H and O–H groups in total. The quantitative estimate of drug-likeness (QED) is 0.317. The number of anilines is 1. The third kappa shape index (κ3) is 6.37. The zero-order valence-electron chi connectivity index (χ0n) is 18.2. The van der Waals surface area contributed by atoms with Gasteiger partial charge in [0.15, 0.2) is 16.7 Å². The van der Waals surface area contributed by atoms with E-state index in [-0.39, 0.29) is 0 Å². The number of ether oxygens (including phenoxy) is 3. The zero-order valence-corrected chi connectivity index (χ0v) is 19.0. The predicted molar refractivity (Wildman–Crippen MR) is 129 cm³/mol. The van der Waals surface area contributed by atoms with Crippen molar-refractivity contribution < 1.29 is 14.2 Å². The fourth-order valence-corrected chi connectivity index (χ4v) is 3.29. The van der Waals surface area contributed by atoms with Crippen LogP contribution in [0, 0.1) is 0 Å². The van der Waals surface area contributed by atoms with E-state index in [1.54, 1.807) is 19.5 Å². The Balaban J connectivity index is 1.48. The molecule has 0 aliphatic rings. The SMILES string of the molecule is COc1ccc(COc2ccc(NCc3nccnc3Cl)cc2OCc2ccccc2)cc1. The number of aromatic nitrogens is 2. The minimum atomic E-state index is 0.380. The van der Waals surface area contributed by atoms with Crippen molar-refractivity contribution in [3.8, 4) is 17.2 Å². The summed E-state index contributed by atoms with van der Waals surface area (Å²) in [6, 6.07) is 23.5. The second-order valence-corrected chi connectivity index (χ2v) is 7.58. The van der Waals surface area contributed by atoms with Crippen molar-refractivity contribution in [1.82, 2.24) is 9.97 Å². The minimum Gasteiger partial charge on any atom is -0.497 e. The van der Waals surface area contributed by atoms with Crippen molar-refractivity contribution in [1.29, 1.82) is 0 Å². The van der Waals surface area contributed by atoms with E-state index in [9.17, 15) is 0 Å². The van der Waals surface area contributed by atoms with E-state index >= 15 is 0 Å². The summed E-state index contributed by atoms with van der Waals surface area (Å²) in [4.78, 5) is 8.32. The molecular weight excluding hydrogens is 438 g/mol. The van der Waals surface area contributed by atoms with E-state index in [2.05, 4.69) is 15.3 Å². The standard InChI is InChI=1S/C26H24ClN3O3/c1-31-22-10-7-20(8-11-22)18-32-24-12-9-21(30-16-23-26(27)29-14-13-28-23)15-25(24)33-17-19-5-3-2-4-6-19/h2-15,30H,16-18H2,1H3. The Morgan fingerprint density at radius 1 is 0.788 bits per heavy atom. The van der Waals surface area contributed by atoms with Crippen LogP contribution in [0.4, 0.5) is 5.69 Å². The van der Waals surface area contributed by atoms with Crippen LogP contribution in [-0.2, 0) is 19.8 Å². The molecule has 4 rings (SSSR count). The Labute approximate surface area is 198 Å².